The Morgan fingerprint density at radius 1 is 1.28 bits per heavy atom. The third-order valence-electron chi connectivity index (χ3n) is 6.01. The summed E-state index contributed by atoms with van der Waals surface area (Å²) in [5.41, 5.74) is 0.352. The zero-order valence-corrected chi connectivity index (χ0v) is 17.3. The van der Waals surface area contributed by atoms with Crippen LogP contribution in [0.5, 0.6) is 5.88 Å². The van der Waals surface area contributed by atoms with E-state index in [0.717, 1.165) is 43.1 Å². The van der Waals surface area contributed by atoms with Gasteiger partial charge in [-0.25, -0.2) is 4.98 Å². The van der Waals surface area contributed by atoms with Crippen LogP contribution in [-0.4, -0.2) is 39.8 Å². The number of ether oxygens (including phenoxy) is 1. The highest BCUT2D eigenvalue weighted by molar-refractivity contribution is 5.27. The average molecular weight is 396 g/mol. The molecule has 8 nitrogen and oxygen atoms in total. The summed E-state index contributed by atoms with van der Waals surface area (Å²) in [6.45, 7) is 8.54. The number of anilines is 1. The first-order chi connectivity index (χ1) is 14.0. The fourth-order valence-corrected chi connectivity index (χ4v) is 4.27. The minimum atomic E-state index is 0.289. The Labute approximate surface area is 171 Å². The molecule has 2 unspecified atom stereocenters. The van der Waals surface area contributed by atoms with Crippen LogP contribution in [0.15, 0.2) is 10.6 Å². The summed E-state index contributed by atoms with van der Waals surface area (Å²) in [4.78, 5) is 15.0. The van der Waals surface area contributed by atoms with Gasteiger partial charge in [-0.2, -0.15) is 15.2 Å². The van der Waals surface area contributed by atoms with Gasteiger partial charge in [0.15, 0.2) is 5.82 Å². The van der Waals surface area contributed by atoms with Crippen molar-refractivity contribution in [1.82, 2.24) is 20.1 Å². The second-order valence-electron chi connectivity index (χ2n) is 8.46. The van der Waals surface area contributed by atoms with Gasteiger partial charge in [0.2, 0.25) is 5.88 Å². The van der Waals surface area contributed by atoms with E-state index in [0.29, 0.717) is 30.0 Å². The lowest BCUT2D eigenvalue weighted by molar-refractivity contribution is 0.273. The summed E-state index contributed by atoms with van der Waals surface area (Å²) >= 11 is 0. The number of aryl methyl sites for hydroxylation is 1. The Morgan fingerprint density at radius 2 is 2.07 bits per heavy atom. The highest BCUT2D eigenvalue weighted by Crippen LogP contribution is 2.49. The molecule has 2 fully saturated rings. The van der Waals surface area contributed by atoms with Crippen molar-refractivity contribution in [2.45, 2.75) is 52.4 Å². The van der Waals surface area contributed by atoms with Gasteiger partial charge >= 0.3 is 6.01 Å². The molecule has 154 valence electrons. The number of nitriles is 1. The Morgan fingerprint density at radius 3 is 2.76 bits per heavy atom. The molecule has 2 atom stereocenters. The van der Waals surface area contributed by atoms with E-state index in [1.807, 2.05) is 6.07 Å². The molecule has 2 aromatic rings. The van der Waals surface area contributed by atoms with E-state index in [1.165, 1.54) is 19.3 Å². The Bertz CT molecular complexity index is 882. The zero-order valence-electron chi connectivity index (χ0n) is 17.3. The van der Waals surface area contributed by atoms with Crippen molar-refractivity contribution in [1.29, 1.82) is 5.26 Å². The monoisotopic (exact) mass is 396 g/mol. The predicted octanol–water partition coefficient (Wildman–Crippen LogP) is 3.48. The second-order valence-corrected chi connectivity index (χ2v) is 8.46. The van der Waals surface area contributed by atoms with Crippen molar-refractivity contribution in [2.24, 2.45) is 17.8 Å². The van der Waals surface area contributed by atoms with E-state index in [-0.39, 0.29) is 5.92 Å². The fraction of sp³-hybridized carbons (Fsp3) is 0.667. The molecule has 2 aromatic heterocycles. The van der Waals surface area contributed by atoms with Crippen molar-refractivity contribution < 1.29 is 9.26 Å². The molecule has 3 heterocycles. The third-order valence-corrected chi connectivity index (χ3v) is 6.01. The molecule has 1 aliphatic carbocycles. The first-order valence-electron chi connectivity index (χ1n) is 10.5. The van der Waals surface area contributed by atoms with Gasteiger partial charge in [-0.1, -0.05) is 19.0 Å². The van der Waals surface area contributed by atoms with Crippen molar-refractivity contribution >= 4 is 6.01 Å². The summed E-state index contributed by atoms with van der Waals surface area (Å²) in [6, 6.07) is 4.32. The predicted molar refractivity (Wildman–Crippen MR) is 107 cm³/mol. The quantitative estimate of drug-likeness (QED) is 0.701. The molecule has 0 aromatic carbocycles. The summed E-state index contributed by atoms with van der Waals surface area (Å²) in [5.74, 6) is 4.45. The highest BCUT2D eigenvalue weighted by atomic mass is 16.5. The fourth-order valence-electron chi connectivity index (χ4n) is 4.27. The lowest BCUT2D eigenvalue weighted by Gasteiger charge is -2.30. The largest absolute Gasteiger partial charge is 0.478 e. The molecule has 0 amide bonds. The minimum Gasteiger partial charge on any atom is -0.478 e. The Balaban J connectivity index is 1.20. The average Bonchev–Trinajstić information content (AvgIpc) is 3.30. The van der Waals surface area contributed by atoms with Crippen LogP contribution in [0, 0.1) is 36.0 Å². The van der Waals surface area contributed by atoms with Crippen LogP contribution >= 0.6 is 0 Å². The second kappa shape index (κ2) is 8.36. The maximum Gasteiger partial charge on any atom is 0.324 e. The summed E-state index contributed by atoms with van der Waals surface area (Å²) in [5, 5.41) is 13.1. The van der Waals surface area contributed by atoms with Gasteiger partial charge in [-0.15, -0.1) is 0 Å². The maximum absolute atomic E-state index is 8.99. The van der Waals surface area contributed by atoms with Crippen LogP contribution in [0.2, 0.25) is 0 Å². The lowest BCUT2D eigenvalue weighted by atomic mass is 9.90. The van der Waals surface area contributed by atoms with Gasteiger partial charge in [-0.05, 0) is 50.4 Å². The maximum atomic E-state index is 8.99. The number of piperidine rings is 1. The molecule has 4 rings (SSSR count). The van der Waals surface area contributed by atoms with Crippen LogP contribution < -0.4 is 9.64 Å². The van der Waals surface area contributed by atoms with Gasteiger partial charge in [0.1, 0.15) is 17.6 Å². The van der Waals surface area contributed by atoms with E-state index in [2.05, 4.69) is 38.9 Å². The topological polar surface area (TPSA) is 101 Å². The molecule has 1 saturated heterocycles. The molecule has 29 heavy (non-hydrogen) atoms. The molecule has 0 bridgehead atoms. The molecule has 0 N–H and O–H groups in total. The zero-order chi connectivity index (χ0) is 20.4. The summed E-state index contributed by atoms with van der Waals surface area (Å²) < 4.78 is 11.2. The van der Waals surface area contributed by atoms with E-state index < -0.39 is 0 Å². The highest BCUT2D eigenvalue weighted by Gasteiger charge is 2.43. The number of hydrogen-bond acceptors (Lipinski definition) is 8. The van der Waals surface area contributed by atoms with E-state index in [4.69, 9.17) is 14.5 Å². The van der Waals surface area contributed by atoms with Crippen molar-refractivity contribution in [3.05, 3.63) is 23.4 Å². The van der Waals surface area contributed by atoms with Crippen LogP contribution in [0.25, 0.3) is 0 Å². The van der Waals surface area contributed by atoms with Gasteiger partial charge < -0.3 is 14.2 Å². The number of rotatable bonds is 7. The molecule has 0 spiro atoms. The lowest BCUT2D eigenvalue weighted by Crippen LogP contribution is -2.34. The molecule has 2 aliphatic rings. The van der Waals surface area contributed by atoms with Crippen LogP contribution in [-0.2, 0) is 0 Å². The van der Waals surface area contributed by atoms with Crippen molar-refractivity contribution in [3.8, 4) is 11.9 Å². The standard InChI is InChI=1S/C21H28N6O2/c1-13(2)20-25-21(29-26-20)27-7-4-15(5-8-27)18-10-16(18)6-9-28-19-11-17(12-22)23-14(3)24-19/h11,13,15-16,18H,4-10H2,1-3H3. The molecular weight excluding hydrogens is 368 g/mol. The summed E-state index contributed by atoms with van der Waals surface area (Å²) in [6.07, 6.45) is 4.69. The Hall–Kier alpha value is -2.69. The van der Waals surface area contributed by atoms with E-state index in [9.17, 15) is 0 Å². The Kier molecular flexibility index (Phi) is 5.65. The SMILES string of the molecule is Cc1nc(C#N)cc(OCCC2CC2C2CCN(c3nc(C(C)C)no3)CC2)n1. The third kappa shape index (κ3) is 4.66. The minimum absolute atomic E-state index is 0.289. The molecule has 1 aliphatic heterocycles. The van der Waals surface area contributed by atoms with Gasteiger partial charge in [-0.3, -0.25) is 0 Å². The van der Waals surface area contributed by atoms with Crippen molar-refractivity contribution in [3.63, 3.8) is 0 Å². The number of nitrogens with zero attached hydrogens (tertiary/aromatic N) is 6. The normalized spacial score (nSPS) is 22.0. The summed E-state index contributed by atoms with van der Waals surface area (Å²) in [7, 11) is 0. The van der Waals surface area contributed by atoms with Crippen LogP contribution in [0.3, 0.4) is 0 Å². The number of hydrogen-bond donors (Lipinski definition) is 0. The molecular formula is C21H28N6O2. The van der Waals surface area contributed by atoms with Crippen LogP contribution in [0.1, 0.15) is 62.8 Å². The first kappa shape index (κ1) is 19.6. The van der Waals surface area contributed by atoms with E-state index >= 15 is 0 Å². The van der Waals surface area contributed by atoms with Gasteiger partial charge in [0, 0.05) is 25.1 Å². The van der Waals surface area contributed by atoms with Gasteiger partial charge in [0.25, 0.3) is 0 Å². The molecule has 0 radical (unpaired) electrons. The van der Waals surface area contributed by atoms with Crippen LogP contribution in [0.4, 0.5) is 6.01 Å². The smallest absolute Gasteiger partial charge is 0.324 e. The first-order valence-corrected chi connectivity index (χ1v) is 10.5. The molecule has 1 saturated carbocycles. The van der Waals surface area contributed by atoms with Gasteiger partial charge in [0.05, 0.1) is 6.61 Å². The van der Waals surface area contributed by atoms with E-state index in [1.54, 1.807) is 13.0 Å². The number of aromatic nitrogens is 4. The van der Waals surface area contributed by atoms with Crippen molar-refractivity contribution in [2.75, 3.05) is 24.6 Å². The molecule has 8 heteroatoms.